The Morgan fingerprint density at radius 3 is 2.48 bits per heavy atom. The van der Waals surface area contributed by atoms with E-state index >= 15 is 0 Å². The Hall–Kier alpha value is -2.69. The van der Waals surface area contributed by atoms with Crippen molar-refractivity contribution in [3.8, 4) is 17.2 Å². The molecule has 0 saturated carbocycles. The second kappa shape index (κ2) is 10.2. The molecule has 0 aliphatic heterocycles. The maximum Gasteiger partial charge on any atom is 0.261 e. The Balaban J connectivity index is 1.53. The number of carbonyl (C=O) groups is 1. The van der Waals surface area contributed by atoms with Gasteiger partial charge in [-0.3, -0.25) is 4.79 Å². The summed E-state index contributed by atoms with van der Waals surface area (Å²) in [5, 5.41) is 2.99. The number of carbonyl (C=O) groups excluding carboxylic acids is 1. The molecule has 5 nitrogen and oxygen atoms in total. The molecule has 2 aromatic rings. The van der Waals surface area contributed by atoms with Crippen molar-refractivity contribution in [1.82, 2.24) is 5.32 Å². The van der Waals surface area contributed by atoms with Crippen LogP contribution in [-0.2, 0) is 24.1 Å². The molecule has 0 aromatic heterocycles. The van der Waals surface area contributed by atoms with E-state index in [1.807, 2.05) is 31.2 Å². The number of ether oxygens (including phenoxy) is 3. The van der Waals surface area contributed by atoms with Crippen LogP contribution in [0.15, 0.2) is 36.4 Å². The average Bonchev–Trinajstić information content (AvgIpc) is 2.77. The number of aryl methyl sites for hydroxylation is 2. The summed E-state index contributed by atoms with van der Waals surface area (Å²) in [4.78, 5) is 12.6. The summed E-state index contributed by atoms with van der Waals surface area (Å²) in [6.45, 7) is 2.51. The summed E-state index contributed by atoms with van der Waals surface area (Å²) in [7, 11) is 3.23. The monoisotopic (exact) mass is 397 g/mol. The first-order valence-corrected chi connectivity index (χ1v) is 10.4. The van der Waals surface area contributed by atoms with E-state index in [-0.39, 0.29) is 5.91 Å². The average molecular weight is 398 g/mol. The second-order valence-electron chi connectivity index (χ2n) is 7.38. The van der Waals surface area contributed by atoms with Gasteiger partial charge in [-0.2, -0.15) is 0 Å². The zero-order chi connectivity index (χ0) is 20.6. The molecule has 0 fully saturated rings. The zero-order valence-electron chi connectivity index (χ0n) is 17.6. The van der Waals surface area contributed by atoms with Crippen molar-refractivity contribution < 1.29 is 19.0 Å². The van der Waals surface area contributed by atoms with E-state index in [1.165, 1.54) is 24.0 Å². The van der Waals surface area contributed by atoms with Gasteiger partial charge in [0, 0.05) is 6.54 Å². The maximum absolute atomic E-state index is 12.6. The van der Waals surface area contributed by atoms with Gasteiger partial charge in [-0.05, 0) is 79.5 Å². The van der Waals surface area contributed by atoms with Crippen molar-refractivity contribution >= 4 is 5.91 Å². The lowest BCUT2D eigenvalue weighted by Crippen LogP contribution is -2.39. The van der Waals surface area contributed by atoms with Crippen molar-refractivity contribution in [1.29, 1.82) is 0 Å². The van der Waals surface area contributed by atoms with Crippen LogP contribution in [0.3, 0.4) is 0 Å². The summed E-state index contributed by atoms with van der Waals surface area (Å²) in [6.07, 6.45) is 5.57. The van der Waals surface area contributed by atoms with Crippen molar-refractivity contribution in [3.05, 3.63) is 53.1 Å². The lowest BCUT2D eigenvalue weighted by molar-refractivity contribution is -0.128. The van der Waals surface area contributed by atoms with Crippen LogP contribution < -0.4 is 19.5 Å². The summed E-state index contributed by atoms with van der Waals surface area (Å²) in [5.41, 5.74) is 3.85. The lowest BCUT2D eigenvalue weighted by atomic mass is 9.92. The van der Waals surface area contributed by atoms with Crippen LogP contribution in [0.25, 0.3) is 0 Å². The molecule has 1 aliphatic rings. The normalized spacial score (nSPS) is 13.9. The van der Waals surface area contributed by atoms with Crippen LogP contribution in [0.2, 0.25) is 0 Å². The quantitative estimate of drug-likeness (QED) is 0.692. The van der Waals surface area contributed by atoms with Gasteiger partial charge in [0.25, 0.3) is 5.91 Å². The predicted molar refractivity (Wildman–Crippen MR) is 114 cm³/mol. The van der Waals surface area contributed by atoms with E-state index in [1.54, 1.807) is 14.2 Å². The fourth-order valence-corrected chi connectivity index (χ4v) is 3.75. The fourth-order valence-electron chi connectivity index (χ4n) is 3.75. The molecular weight excluding hydrogens is 366 g/mol. The van der Waals surface area contributed by atoms with E-state index in [2.05, 4.69) is 17.4 Å². The van der Waals surface area contributed by atoms with Gasteiger partial charge in [-0.15, -0.1) is 0 Å². The highest BCUT2D eigenvalue weighted by molar-refractivity contribution is 5.81. The molecule has 1 aliphatic carbocycles. The van der Waals surface area contributed by atoms with Gasteiger partial charge >= 0.3 is 0 Å². The van der Waals surface area contributed by atoms with Gasteiger partial charge in [-0.25, -0.2) is 0 Å². The highest BCUT2D eigenvalue weighted by Crippen LogP contribution is 2.28. The minimum Gasteiger partial charge on any atom is -0.493 e. The second-order valence-corrected chi connectivity index (χ2v) is 7.38. The molecule has 1 N–H and O–H groups in total. The number of hydrogen-bond donors (Lipinski definition) is 1. The smallest absolute Gasteiger partial charge is 0.261 e. The lowest BCUT2D eigenvalue weighted by Gasteiger charge is -2.20. The van der Waals surface area contributed by atoms with Gasteiger partial charge in [0.1, 0.15) is 5.75 Å². The Morgan fingerprint density at radius 2 is 1.76 bits per heavy atom. The van der Waals surface area contributed by atoms with Crippen LogP contribution in [0.4, 0.5) is 0 Å². The van der Waals surface area contributed by atoms with Gasteiger partial charge in [0.05, 0.1) is 14.2 Å². The summed E-state index contributed by atoms with van der Waals surface area (Å²) < 4.78 is 16.6. The van der Waals surface area contributed by atoms with Crippen LogP contribution >= 0.6 is 0 Å². The van der Waals surface area contributed by atoms with Crippen molar-refractivity contribution in [2.24, 2.45) is 0 Å². The Bertz CT molecular complexity index is 834. The minimum atomic E-state index is -0.484. The molecule has 1 unspecified atom stereocenters. The molecule has 1 atom stereocenters. The molecular formula is C24H31NO4. The fraction of sp³-hybridized carbons (Fsp3) is 0.458. The maximum atomic E-state index is 12.6. The largest absolute Gasteiger partial charge is 0.493 e. The van der Waals surface area contributed by atoms with E-state index < -0.39 is 6.10 Å². The summed E-state index contributed by atoms with van der Waals surface area (Å²) >= 11 is 0. The molecule has 0 bridgehead atoms. The van der Waals surface area contributed by atoms with Crippen LogP contribution in [0.1, 0.15) is 42.9 Å². The predicted octanol–water partition coefficient (Wildman–Crippen LogP) is 4.10. The molecule has 156 valence electrons. The highest BCUT2D eigenvalue weighted by atomic mass is 16.5. The van der Waals surface area contributed by atoms with Crippen LogP contribution in [-0.4, -0.2) is 32.8 Å². The first-order chi connectivity index (χ1) is 14.1. The van der Waals surface area contributed by atoms with Crippen molar-refractivity contribution in [2.45, 2.75) is 51.6 Å². The number of benzene rings is 2. The molecule has 2 aromatic carbocycles. The molecule has 0 radical (unpaired) electrons. The van der Waals surface area contributed by atoms with E-state index in [4.69, 9.17) is 14.2 Å². The third-order valence-corrected chi connectivity index (χ3v) is 5.42. The Labute approximate surface area is 173 Å². The molecule has 29 heavy (non-hydrogen) atoms. The molecule has 0 heterocycles. The molecule has 0 saturated heterocycles. The zero-order valence-corrected chi connectivity index (χ0v) is 17.6. The number of fused-ring (bicyclic) bond motifs is 1. The van der Waals surface area contributed by atoms with Gasteiger partial charge < -0.3 is 19.5 Å². The van der Waals surface area contributed by atoms with Crippen LogP contribution in [0, 0.1) is 0 Å². The third kappa shape index (κ3) is 5.43. The van der Waals surface area contributed by atoms with E-state index in [0.29, 0.717) is 30.9 Å². The van der Waals surface area contributed by atoms with Gasteiger partial charge in [0.2, 0.25) is 0 Å². The van der Waals surface area contributed by atoms with Crippen molar-refractivity contribution in [2.75, 3.05) is 20.8 Å². The first kappa shape index (κ1) is 21.0. The molecule has 1 amide bonds. The number of amides is 1. The number of methoxy groups -OCH3 is 2. The number of nitrogens with one attached hydrogen (secondary N) is 1. The number of hydrogen-bond acceptors (Lipinski definition) is 4. The highest BCUT2D eigenvalue weighted by Gasteiger charge is 2.19. The Morgan fingerprint density at radius 1 is 1.00 bits per heavy atom. The molecule has 0 spiro atoms. The Kier molecular flexibility index (Phi) is 7.39. The standard InChI is InChI=1S/C24H31NO4/c1-4-21(29-20-11-10-18-7-5-6-8-19(18)16-20)24(26)25-14-13-17-9-12-22(27-2)23(15-17)28-3/h9-12,15-16,21H,4-8,13-14H2,1-3H3,(H,25,26). The van der Waals surface area contributed by atoms with Gasteiger partial charge in [-0.1, -0.05) is 19.1 Å². The summed E-state index contributed by atoms with van der Waals surface area (Å²) in [5.74, 6) is 2.10. The summed E-state index contributed by atoms with van der Waals surface area (Å²) in [6, 6.07) is 12.0. The van der Waals surface area contributed by atoms with E-state index in [9.17, 15) is 4.79 Å². The van der Waals surface area contributed by atoms with E-state index in [0.717, 1.165) is 24.2 Å². The van der Waals surface area contributed by atoms with Crippen molar-refractivity contribution in [3.63, 3.8) is 0 Å². The topological polar surface area (TPSA) is 56.8 Å². The third-order valence-electron chi connectivity index (χ3n) is 5.42. The molecule has 5 heteroatoms. The SMILES string of the molecule is CCC(Oc1ccc2c(c1)CCCC2)C(=O)NCCc1ccc(OC)c(OC)c1. The van der Waals surface area contributed by atoms with Gasteiger partial charge in [0.15, 0.2) is 17.6 Å². The first-order valence-electron chi connectivity index (χ1n) is 10.4. The van der Waals surface area contributed by atoms with Crippen LogP contribution in [0.5, 0.6) is 17.2 Å². The minimum absolute atomic E-state index is 0.0781. The number of rotatable bonds is 9. The molecule has 3 rings (SSSR count).